The van der Waals surface area contributed by atoms with Crippen molar-refractivity contribution in [1.29, 1.82) is 0 Å². The summed E-state index contributed by atoms with van der Waals surface area (Å²) in [7, 11) is 0. The summed E-state index contributed by atoms with van der Waals surface area (Å²) < 4.78 is 0.598. The molecule has 88 valence electrons. The average Bonchev–Trinajstić information content (AvgIpc) is 2.70. The number of halogens is 2. The number of rotatable bonds is 2. The number of nitrogens with two attached hydrogens (primary N) is 1. The van der Waals surface area contributed by atoms with Crippen LogP contribution in [0.2, 0.25) is 5.15 Å². The maximum absolute atomic E-state index is 11.7. The first-order valence-electron chi connectivity index (χ1n) is 4.49. The monoisotopic (exact) mass is 315 g/mol. The largest absolute Gasteiger partial charge is 0.382 e. The molecule has 2 heterocycles. The van der Waals surface area contributed by atoms with E-state index >= 15 is 0 Å². The van der Waals surface area contributed by atoms with Gasteiger partial charge in [0.2, 0.25) is 0 Å². The molecular weight excluding hydrogens is 309 g/mol. The van der Waals surface area contributed by atoms with Gasteiger partial charge in [0.05, 0.1) is 16.4 Å². The van der Waals surface area contributed by atoms with E-state index < -0.39 is 0 Å². The Bertz CT molecular complexity index is 570. The van der Waals surface area contributed by atoms with E-state index in [0.717, 1.165) is 0 Å². The van der Waals surface area contributed by atoms with E-state index in [-0.39, 0.29) is 17.4 Å². The van der Waals surface area contributed by atoms with Gasteiger partial charge >= 0.3 is 0 Å². The summed E-state index contributed by atoms with van der Waals surface area (Å²) in [4.78, 5) is 15.6. The van der Waals surface area contributed by atoms with Crippen LogP contribution in [0, 0.1) is 0 Å². The lowest BCUT2D eigenvalue weighted by Crippen LogP contribution is -2.12. The van der Waals surface area contributed by atoms with Crippen molar-refractivity contribution in [2.24, 2.45) is 0 Å². The minimum Gasteiger partial charge on any atom is -0.382 e. The van der Waals surface area contributed by atoms with Crippen molar-refractivity contribution in [3.8, 4) is 0 Å². The Kier molecular flexibility index (Phi) is 3.30. The zero-order chi connectivity index (χ0) is 12.4. The van der Waals surface area contributed by atoms with E-state index in [1.54, 1.807) is 6.07 Å². The molecule has 1 amide bonds. The van der Waals surface area contributed by atoms with Gasteiger partial charge in [-0.3, -0.25) is 9.89 Å². The van der Waals surface area contributed by atoms with E-state index in [1.807, 2.05) is 0 Å². The van der Waals surface area contributed by atoms with Crippen molar-refractivity contribution < 1.29 is 4.79 Å². The first-order valence-corrected chi connectivity index (χ1v) is 5.66. The number of nitrogen functional groups attached to an aromatic ring is 1. The molecule has 0 saturated heterocycles. The highest BCUT2D eigenvalue weighted by atomic mass is 79.9. The standard InChI is InChI=1S/C9H7BrClN5O/c10-5-1-4(3-13-8(5)11)14-9(17)6-2-7(12)16-15-6/h1-3H,(H,14,17)(H3,12,15,16). The van der Waals surface area contributed by atoms with Gasteiger partial charge in [-0.1, -0.05) is 11.6 Å². The summed E-state index contributed by atoms with van der Waals surface area (Å²) in [5.41, 5.74) is 6.18. The summed E-state index contributed by atoms with van der Waals surface area (Å²) >= 11 is 8.94. The normalized spacial score (nSPS) is 10.2. The lowest BCUT2D eigenvalue weighted by molar-refractivity contribution is 0.102. The van der Waals surface area contributed by atoms with Crippen LogP contribution in [0.4, 0.5) is 11.5 Å². The number of hydrogen-bond donors (Lipinski definition) is 3. The molecule has 0 spiro atoms. The quantitative estimate of drug-likeness (QED) is 0.739. The van der Waals surface area contributed by atoms with Crippen LogP contribution in [0.25, 0.3) is 0 Å². The third-order valence-electron chi connectivity index (χ3n) is 1.90. The van der Waals surface area contributed by atoms with Crippen molar-refractivity contribution in [3.63, 3.8) is 0 Å². The van der Waals surface area contributed by atoms with Crippen LogP contribution < -0.4 is 11.1 Å². The van der Waals surface area contributed by atoms with Crippen LogP contribution in [-0.4, -0.2) is 21.1 Å². The zero-order valence-corrected chi connectivity index (χ0v) is 10.7. The lowest BCUT2D eigenvalue weighted by Gasteiger charge is -2.03. The van der Waals surface area contributed by atoms with E-state index in [2.05, 4.69) is 36.4 Å². The van der Waals surface area contributed by atoms with Gasteiger partial charge in [0, 0.05) is 6.07 Å². The van der Waals surface area contributed by atoms with Crippen molar-refractivity contribution in [2.45, 2.75) is 0 Å². The van der Waals surface area contributed by atoms with E-state index in [9.17, 15) is 4.79 Å². The molecule has 8 heteroatoms. The molecule has 2 aromatic heterocycles. The molecule has 0 bridgehead atoms. The number of nitrogens with zero attached hydrogens (tertiary/aromatic N) is 2. The SMILES string of the molecule is Nc1cc(C(=O)Nc2cnc(Cl)c(Br)c2)[nH]n1. The molecule has 0 aromatic carbocycles. The van der Waals surface area contributed by atoms with E-state index in [0.29, 0.717) is 15.3 Å². The molecular formula is C9H7BrClN5O. The molecule has 0 unspecified atom stereocenters. The lowest BCUT2D eigenvalue weighted by atomic mass is 10.3. The second-order valence-corrected chi connectivity index (χ2v) is 4.37. The van der Waals surface area contributed by atoms with Gasteiger partial charge in [-0.05, 0) is 22.0 Å². The van der Waals surface area contributed by atoms with Crippen molar-refractivity contribution >= 4 is 44.9 Å². The predicted octanol–water partition coefficient (Wildman–Crippen LogP) is 2.06. The molecule has 0 radical (unpaired) electrons. The fraction of sp³-hybridized carbons (Fsp3) is 0. The Hall–Kier alpha value is -1.60. The maximum atomic E-state index is 11.7. The summed E-state index contributed by atoms with van der Waals surface area (Å²) in [6.45, 7) is 0. The van der Waals surface area contributed by atoms with Crippen LogP contribution in [0.3, 0.4) is 0 Å². The number of hydrogen-bond acceptors (Lipinski definition) is 4. The van der Waals surface area contributed by atoms with E-state index in [1.165, 1.54) is 12.3 Å². The van der Waals surface area contributed by atoms with Gasteiger partial charge in [-0.15, -0.1) is 0 Å². The van der Waals surface area contributed by atoms with Crippen molar-refractivity contribution in [3.05, 3.63) is 33.6 Å². The maximum Gasteiger partial charge on any atom is 0.273 e. The summed E-state index contributed by atoms with van der Waals surface area (Å²) in [5, 5.41) is 9.11. The Balaban J connectivity index is 2.15. The molecule has 0 atom stereocenters. The number of amides is 1. The Morgan fingerprint density at radius 2 is 2.29 bits per heavy atom. The van der Waals surface area contributed by atoms with Gasteiger partial charge in [-0.2, -0.15) is 5.10 Å². The second-order valence-electron chi connectivity index (χ2n) is 3.16. The van der Waals surface area contributed by atoms with Crippen LogP contribution in [0.1, 0.15) is 10.5 Å². The fourth-order valence-electron chi connectivity index (χ4n) is 1.14. The Morgan fingerprint density at radius 3 is 2.88 bits per heavy atom. The van der Waals surface area contributed by atoms with Crippen LogP contribution in [-0.2, 0) is 0 Å². The van der Waals surface area contributed by atoms with Crippen LogP contribution in [0.5, 0.6) is 0 Å². The molecule has 0 aliphatic heterocycles. The smallest absolute Gasteiger partial charge is 0.273 e. The minimum atomic E-state index is -0.356. The topological polar surface area (TPSA) is 96.7 Å². The summed E-state index contributed by atoms with van der Waals surface area (Å²) in [6, 6.07) is 3.08. The molecule has 2 aromatic rings. The van der Waals surface area contributed by atoms with Gasteiger partial charge in [0.15, 0.2) is 0 Å². The average molecular weight is 317 g/mol. The number of nitrogens with one attached hydrogen (secondary N) is 2. The molecule has 0 aliphatic rings. The first kappa shape index (κ1) is 11.9. The number of pyridine rings is 1. The number of carbonyl (C=O) groups excluding carboxylic acids is 1. The van der Waals surface area contributed by atoms with E-state index in [4.69, 9.17) is 17.3 Å². The molecule has 6 nitrogen and oxygen atoms in total. The molecule has 0 aliphatic carbocycles. The molecule has 17 heavy (non-hydrogen) atoms. The van der Waals surface area contributed by atoms with Gasteiger partial charge < -0.3 is 11.1 Å². The number of aromatic nitrogens is 3. The van der Waals surface area contributed by atoms with Crippen molar-refractivity contribution in [2.75, 3.05) is 11.1 Å². The van der Waals surface area contributed by atoms with Gasteiger partial charge in [0.25, 0.3) is 5.91 Å². The number of H-pyrrole nitrogens is 1. The zero-order valence-electron chi connectivity index (χ0n) is 8.37. The highest BCUT2D eigenvalue weighted by Crippen LogP contribution is 2.23. The second kappa shape index (κ2) is 4.72. The molecule has 0 fully saturated rings. The van der Waals surface area contributed by atoms with Gasteiger partial charge in [0.1, 0.15) is 16.7 Å². The molecule has 4 N–H and O–H groups in total. The highest BCUT2D eigenvalue weighted by molar-refractivity contribution is 9.10. The minimum absolute atomic E-state index is 0.255. The third kappa shape index (κ3) is 2.75. The van der Waals surface area contributed by atoms with Crippen LogP contribution in [0.15, 0.2) is 22.8 Å². The molecule has 0 saturated carbocycles. The molecule has 2 rings (SSSR count). The summed E-state index contributed by atoms with van der Waals surface area (Å²) in [6.07, 6.45) is 1.45. The number of anilines is 2. The summed E-state index contributed by atoms with van der Waals surface area (Å²) in [5.74, 6) is -0.101. The Morgan fingerprint density at radius 1 is 1.53 bits per heavy atom. The van der Waals surface area contributed by atoms with Crippen molar-refractivity contribution in [1.82, 2.24) is 15.2 Å². The van der Waals surface area contributed by atoms with Gasteiger partial charge in [-0.25, -0.2) is 4.98 Å². The fourth-order valence-corrected chi connectivity index (χ4v) is 1.59. The number of carbonyl (C=O) groups is 1. The highest BCUT2D eigenvalue weighted by Gasteiger charge is 2.10. The Labute approximate surface area is 110 Å². The third-order valence-corrected chi connectivity index (χ3v) is 3.03. The predicted molar refractivity (Wildman–Crippen MR) is 67.9 cm³/mol. The number of aromatic amines is 1. The first-order chi connectivity index (χ1) is 8.06. The van der Waals surface area contributed by atoms with Crippen LogP contribution >= 0.6 is 27.5 Å².